The fourth-order valence-corrected chi connectivity index (χ4v) is 6.14. The minimum Gasteiger partial charge on any atom is -0.317 e. The molecule has 0 saturated carbocycles. The highest BCUT2D eigenvalue weighted by Gasteiger charge is 2.32. The summed E-state index contributed by atoms with van der Waals surface area (Å²) >= 11 is 0. The van der Waals surface area contributed by atoms with Crippen molar-refractivity contribution in [1.82, 2.24) is 15.3 Å². The number of nitrogens with zero attached hydrogens (tertiary/aromatic N) is 2. The van der Waals surface area contributed by atoms with Gasteiger partial charge in [0.05, 0.1) is 21.9 Å². The van der Waals surface area contributed by atoms with Crippen LogP contribution in [-0.2, 0) is 21.8 Å². The number of rotatable bonds is 5. The van der Waals surface area contributed by atoms with Gasteiger partial charge in [-0.05, 0) is 89.6 Å². The number of sulfone groups is 1. The van der Waals surface area contributed by atoms with Crippen LogP contribution in [0.5, 0.6) is 0 Å². The maximum Gasteiger partial charge on any atom is 0.416 e. The summed E-state index contributed by atoms with van der Waals surface area (Å²) in [6, 6.07) is 15.9. The lowest BCUT2D eigenvalue weighted by Gasteiger charge is -2.26. The second kappa shape index (κ2) is 9.63. The first-order valence-corrected chi connectivity index (χ1v) is 13.3. The maximum atomic E-state index is 13.6. The number of piperidine rings is 1. The van der Waals surface area contributed by atoms with Crippen LogP contribution >= 0.6 is 0 Å². The zero-order valence-corrected chi connectivity index (χ0v) is 20.1. The molecule has 1 aliphatic heterocycles. The van der Waals surface area contributed by atoms with Crippen LogP contribution in [0, 0.1) is 0 Å². The second-order valence-corrected chi connectivity index (χ2v) is 11.0. The van der Waals surface area contributed by atoms with E-state index in [0.29, 0.717) is 16.6 Å². The highest BCUT2D eigenvalue weighted by Crippen LogP contribution is 2.41. The van der Waals surface area contributed by atoms with Gasteiger partial charge in [-0.2, -0.15) is 13.2 Å². The summed E-state index contributed by atoms with van der Waals surface area (Å²) in [4.78, 5) is 7.99. The number of hydrogen-bond donors (Lipinski definition) is 1. The van der Waals surface area contributed by atoms with Crippen LogP contribution in [0.25, 0.3) is 21.9 Å². The number of hydrogen-bond acceptors (Lipinski definition) is 5. The van der Waals surface area contributed by atoms with Crippen LogP contribution in [-0.4, -0.2) is 31.5 Å². The van der Waals surface area contributed by atoms with Gasteiger partial charge in [-0.3, -0.25) is 0 Å². The van der Waals surface area contributed by atoms with Crippen molar-refractivity contribution < 1.29 is 21.6 Å². The van der Waals surface area contributed by atoms with Gasteiger partial charge < -0.3 is 5.32 Å². The smallest absolute Gasteiger partial charge is 0.317 e. The van der Waals surface area contributed by atoms with E-state index in [1.54, 1.807) is 30.3 Å². The van der Waals surface area contributed by atoms with Gasteiger partial charge in [-0.1, -0.05) is 30.3 Å². The highest BCUT2D eigenvalue weighted by atomic mass is 32.2. The normalized spacial score (nSPS) is 15.3. The molecule has 0 spiro atoms. The van der Waals surface area contributed by atoms with Crippen molar-refractivity contribution in [1.29, 1.82) is 0 Å². The summed E-state index contributed by atoms with van der Waals surface area (Å²) in [5, 5.41) is 4.76. The Bertz CT molecular complexity index is 1500. The third kappa shape index (κ3) is 4.99. The van der Waals surface area contributed by atoms with E-state index >= 15 is 0 Å². The Balaban J connectivity index is 1.59. The third-order valence-electron chi connectivity index (χ3n) is 6.64. The van der Waals surface area contributed by atoms with Gasteiger partial charge in [0.1, 0.15) is 6.33 Å². The van der Waals surface area contributed by atoms with E-state index < -0.39 is 21.6 Å². The Morgan fingerprint density at radius 3 is 2.47 bits per heavy atom. The molecule has 5 nitrogen and oxygen atoms in total. The van der Waals surface area contributed by atoms with Gasteiger partial charge in [0, 0.05) is 6.20 Å². The molecular formula is C27H24F3N3O2S. The third-order valence-corrected chi connectivity index (χ3v) is 8.29. The van der Waals surface area contributed by atoms with Crippen LogP contribution in [0.3, 0.4) is 0 Å². The van der Waals surface area contributed by atoms with Crippen molar-refractivity contribution in [2.24, 2.45) is 0 Å². The molecular weight excluding hydrogens is 487 g/mol. The van der Waals surface area contributed by atoms with E-state index in [-0.39, 0.29) is 16.6 Å². The Kier molecular flexibility index (Phi) is 6.53. The first-order valence-electron chi connectivity index (χ1n) is 11.6. The summed E-state index contributed by atoms with van der Waals surface area (Å²) in [7, 11) is -3.65. The van der Waals surface area contributed by atoms with Crippen molar-refractivity contribution in [2.75, 3.05) is 13.1 Å². The van der Waals surface area contributed by atoms with Crippen LogP contribution in [0.15, 0.2) is 78.1 Å². The molecule has 36 heavy (non-hydrogen) atoms. The van der Waals surface area contributed by atoms with Gasteiger partial charge in [-0.15, -0.1) is 0 Å². The number of alkyl halides is 3. The SMILES string of the molecule is O=S(=O)(Cc1ccncn1)c1ccc2c(-c3ccc(C(F)(F)F)cc3C3CCNCC3)cccc2c1. The van der Waals surface area contributed by atoms with Crippen LogP contribution in [0.2, 0.25) is 0 Å². The van der Waals surface area contributed by atoms with E-state index in [4.69, 9.17) is 0 Å². The summed E-state index contributed by atoms with van der Waals surface area (Å²) in [6.45, 7) is 1.51. The predicted molar refractivity (Wildman–Crippen MR) is 132 cm³/mol. The van der Waals surface area contributed by atoms with Crippen molar-refractivity contribution in [3.05, 3.63) is 90.0 Å². The van der Waals surface area contributed by atoms with Crippen LogP contribution < -0.4 is 5.32 Å². The second-order valence-electron chi connectivity index (χ2n) is 8.97. The lowest BCUT2D eigenvalue weighted by molar-refractivity contribution is -0.137. The first-order chi connectivity index (χ1) is 17.2. The number of nitrogens with one attached hydrogen (secondary N) is 1. The average Bonchev–Trinajstić information content (AvgIpc) is 2.88. The molecule has 3 aromatic carbocycles. The highest BCUT2D eigenvalue weighted by molar-refractivity contribution is 7.90. The number of fused-ring (bicyclic) bond motifs is 1. The molecule has 1 saturated heterocycles. The Hall–Kier alpha value is -3.30. The van der Waals surface area contributed by atoms with Gasteiger partial charge >= 0.3 is 6.18 Å². The van der Waals surface area contributed by atoms with Crippen molar-refractivity contribution >= 4 is 20.6 Å². The van der Waals surface area contributed by atoms with Gasteiger partial charge in [0.15, 0.2) is 9.84 Å². The molecule has 1 aromatic heterocycles. The molecule has 0 aliphatic carbocycles. The van der Waals surface area contributed by atoms with E-state index in [1.807, 2.05) is 18.2 Å². The molecule has 2 heterocycles. The molecule has 0 unspecified atom stereocenters. The molecule has 9 heteroatoms. The number of benzene rings is 3. The van der Waals surface area contributed by atoms with Gasteiger partial charge in [-0.25, -0.2) is 18.4 Å². The fraction of sp³-hybridized carbons (Fsp3) is 0.259. The quantitative estimate of drug-likeness (QED) is 0.369. The van der Waals surface area contributed by atoms with Crippen molar-refractivity contribution in [2.45, 2.75) is 35.6 Å². The average molecular weight is 512 g/mol. The predicted octanol–water partition coefficient (Wildman–Crippen LogP) is 5.76. The molecule has 0 bridgehead atoms. The Morgan fingerprint density at radius 2 is 1.75 bits per heavy atom. The molecule has 0 amide bonds. The number of aromatic nitrogens is 2. The molecule has 1 fully saturated rings. The van der Waals surface area contributed by atoms with E-state index in [0.717, 1.165) is 48.5 Å². The topological polar surface area (TPSA) is 72.0 Å². The molecule has 1 N–H and O–H groups in total. The van der Waals surface area contributed by atoms with Crippen LogP contribution in [0.4, 0.5) is 13.2 Å². The molecule has 1 aliphatic rings. The van der Waals surface area contributed by atoms with Crippen molar-refractivity contribution in [3.63, 3.8) is 0 Å². The Labute approximate surface area is 207 Å². The van der Waals surface area contributed by atoms with E-state index in [9.17, 15) is 21.6 Å². The minimum atomic E-state index is -4.42. The summed E-state index contributed by atoms with van der Waals surface area (Å²) in [6.07, 6.45) is -0.114. The van der Waals surface area contributed by atoms with Gasteiger partial charge in [0.2, 0.25) is 0 Å². The molecule has 5 rings (SSSR count). The maximum absolute atomic E-state index is 13.6. The zero-order chi connectivity index (χ0) is 25.3. The van der Waals surface area contributed by atoms with E-state index in [1.165, 1.54) is 18.6 Å². The summed E-state index contributed by atoms with van der Waals surface area (Å²) in [5.41, 5.74) is 1.96. The minimum absolute atomic E-state index is 0.00585. The van der Waals surface area contributed by atoms with E-state index in [2.05, 4.69) is 15.3 Å². The van der Waals surface area contributed by atoms with Crippen LogP contribution in [0.1, 0.15) is 35.6 Å². The summed E-state index contributed by atoms with van der Waals surface area (Å²) < 4.78 is 66.7. The number of halogens is 3. The lowest BCUT2D eigenvalue weighted by atomic mass is 9.83. The van der Waals surface area contributed by atoms with Gasteiger partial charge in [0.25, 0.3) is 0 Å². The first kappa shape index (κ1) is 24.4. The zero-order valence-electron chi connectivity index (χ0n) is 19.3. The largest absolute Gasteiger partial charge is 0.416 e. The van der Waals surface area contributed by atoms with Crippen molar-refractivity contribution in [3.8, 4) is 11.1 Å². The standard InChI is InChI=1S/C27H24F3N3O2S/c28-27(29,30)20-4-6-25(26(15-20)18-8-11-31-12-9-18)24-3-1-2-19-14-22(5-7-23(19)24)36(34,35)16-21-10-13-32-17-33-21/h1-7,10,13-15,17-18,31H,8-9,11-12,16H2. The fourth-order valence-electron chi connectivity index (χ4n) is 4.83. The molecule has 4 aromatic rings. The molecule has 0 atom stereocenters. The monoisotopic (exact) mass is 511 g/mol. The molecule has 186 valence electrons. The Morgan fingerprint density at radius 1 is 0.944 bits per heavy atom. The molecule has 0 radical (unpaired) electrons. The lowest BCUT2D eigenvalue weighted by Crippen LogP contribution is -2.27. The summed E-state index contributed by atoms with van der Waals surface area (Å²) in [5.74, 6) is -0.245.